The van der Waals surface area contributed by atoms with Gasteiger partial charge in [0.05, 0.1) is 30.3 Å². The van der Waals surface area contributed by atoms with Crippen LogP contribution in [0.15, 0.2) is 42.5 Å². The fraction of sp³-hybridized carbons (Fsp3) is 0.417. The van der Waals surface area contributed by atoms with E-state index < -0.39 is 5.92 Å². The van der Waals surface area contributed by atoms with Crippen LogP contribution < -0.4 is 10.4 Å². The number of hydrazine groups is 1. The number of fused-ring (bicyclic) bond motifs is 1. The molecule has 0 bridgehead atoms. The summed E-state index contributed by atoms with van der Waals surface area (Å²) in [4.78, 5) is 25.7. The van der Waals surface area contributed by atoms with E-state index in [-0.39, 0.29) is 24.2 Å². The van der Waals surface area contributed by atoms with Gasteiger partial charge in [0.1, 0.15) is 0 Å². The Labute approximate surface area is 173 Å². The van der Waals surface area contributed by atoms with Crippen LogP contribution in [0.2, 0.25) is 0 Å². The van der Waals surface area contributed by atoms with Gasteiger partial charge in [0.2, 0.25) is 0 Å². The fourth-order valence-corrected chi connectivity index (χ4v) is 3.70. The quantitative estimate of drug-likeness (QED) is 0.650. The van der Waals surface area contributed by atoms with E-state index in [1.165, 1.54) is 0 Å². The van der Waals surface area contributed by atoms with Crippen LogP contribution in [0.1, 0.15) is 56.7 Å². The zero-order valence-corrected chi connectivity index (χ0v) is 17.7. The third-order valence-electron chi connectivity index (χ3n) is 5.23. The van der Waals surface area contributed by atoms with Gasteiger partial charge in [-0.25, -0.2) is 5.01 Å². The van der Waals surface area contributed by atoms with Crippen molar-refractivity contribution in [3.63, 3.8) is 0 Å². The van der Waals surface area contributed by atoms with Gasteiger partial charge in [0.15, 0.2) is 0 Å². The zero-order valence-electron chi connectivity index (χ0n) is 17.7. The summed E-state index contributed by atoms with van der Waals surface area (Å²) in [6, 6.07) is 13.9. The number of aryl methyl sites for hydroxylation is 2. The van der Waals surface area contributed by atoms with Crippen LogP contribution in [0, 0.1) is 5.92 Å². The Morgan fingerprint density at radius 2 is 1.76 bits per heavy atom. The summed E-state index contributed by atoms with van der Waals surface area (Å²) in [6.07, 6.45) is 1.71. The average Bonchev–Trinajstić information content (AvgIpc) is 2.98. The summed E-state index contributed by atoms with van der Waals surface area (Å²) in [5.74, 6) is -0.715. The van der Waals surface area contributed by atoms with Crippen molar-refractivity contribution in [1.29, 1.82) is 0 Å². The maximum absolute atomic E-state index is 13.4. The molecule has 2 aromatic rings. The average molecular weight is 395 g/mol. The Hall–Kier alpha value is -2.82. The summed E-state index contributed by atoms with van der Waals surface area (Å²) >= 11 is 0. The number of benzene rings is 2. The molecule has 1 N–H and O–H groups in total. The summed E-state index contributed by atoms with van der Waals surface area (Å²) in [7, 11) is 0. The Kier molecular flexibility index (Phi) is 6.57. The summed E-state index contributed by atoms with van der Waals surface area (Å²) < 4.78 is 5.35. The molecule has 3 rings (SSSR count). The standard InChI is InChI=1S/C24H30N2O3/c1-5-17-10-7-8-13-21(17)25-26-23-18(6-2)11-9-12-19(23)20(24(26)28)14-22(27)29-15-16(3)4/h7-13,16,20,25H,5-6,14-15H2,1-4H3. The van der Waals surface area contributed by atoms with Crippen LogP contribution in [-0.4, -0.2) is 18.5 Å². The van der Waals surface area contributed by atoms with E-state index in [9.17, 15) is 9.59 Å². The first-order chi connectivity index (χ1) is 14.0. The molecule has 0 saturated carbocycles. The van der Waals surface area contributed by atoms with Crippen LogP contribution in [-0.2, 0) is 27.2 Å². The molecule has 0 radical (unpaired) electrons. The number of rotatable bonds is 8. The van der Waals surface area contributed by atoms with Crippen molar-refractivity contribution in [2.45, 2.75) is 52.9 Å². The molecule has 1 unspecified atom stereocenters. The van der Waals surface area contributed by atoms with E-state index in [1.807, 2.05) is 50.2 Å². The highest BCUT2D eigenvalue weighted by Crippen LogP contribution is 2.42. The molecule has 1 atom stereocenters. The number of amides is 1. The number of nitrogens with one attached hydrogen (secondary N) is 1. The number of hydrogen-bond acceptors (Lipinski definition) is 4. The third kappa shape index (κ3) is 4.44. The first kappa shape index (κ1) is 20.9. The topological polar surface area (TPSA) is 58.6 Å². The van der Waals surface area contributed by atoms with Crippen molar-refractivity contribution in [3.05, 3.63) is 59.2 Å². The molecular formula is C24H30N2O3. The fourth-order valence-electron chi connectivity index (χ4n) is 3.70. The highest BCUT2D eigenvalue weighted by atomic mass is 16.5. The second-order valence-corrected chi connectivity index (χ2v) is 7.84. The van der Waals surface area contributed by atoms with Crippen molar-refractivity contribution in [2.75, 3.05) is 17.0 Å². The maximum Gasteiger partial charge on any atom is 0.306 e. The lowest BCUT2D eigenvalue weighted by molar-refractivity contribution is -0.146. The number of anilines is 2. The lowest BCUT2D eigenvalue weighted by Gasteiger charge is -2.23. The van der Waals surface area contributed by atoms with Crippen molar-refractivity contribution < 1.29 is 14.3 Å². The highest BCUT2D eigenvalue weighted by Gasteiger charge is 2.40. The minimum absolute atomic E-state index is 0.0549. The lowest BCUT2D eigenvalue weighted by Crippen LogP contribution is -2.35. The minimum atomic E-state index is -0.530. The molecule has 154 valence electrons. The van der Waals surface area contributed by atoms with Crippen molar-refractivity contribution in [1.82, 2.24) is 0 Å². The molecule has 1 aliphatic heterocycles. The molecule has 0 spiro atoms. The maximum atomic E-state index is 13.4. The van der Waals surface area contributed by atoms with E-state index in [1.54, 1.807) is 5.01 Å². The number of hydrogen-bond donors (Lipinski definition) is 1. The normalized spacial score (nSPS) is 15.6. The SMILES string of the molecule is CCc1ccccc1NN1C(=O)C(CC(=O)OCC(C)C)c2cccc(CC)c21. The number of esters is 1. The third-order valence-corrected chi connectivity index (χ3v) is 5.23. The second kappa shape index (κ2) is 9.12. The largest absolute Gasteiger partial charge is 0.465 e. The number of para-hydroxylation sites is 2. The molecule has 1 aliphatic rings. The van der Waals surface area contributed by atoms with Crippen LogP contribution in [0.4, 0.5) is 11.4 Å². The summed E-state index contributed by atoms with van der Waals surface area (Å²) in [5.41, 5.74) is 8.20. The van der Waals surface area contributed by atoms with Gasteiger partial charge in [0.25, 0.3) is 5.91 Å². The predicted molar refractivity (Wildman–Crippen MR) is 116 cm³/mol. The molecule has 0 aliphatic carbocycles. The van der Waals surface area contributed by atoms with Crippen LogP contribution in [0.3, 0.4) is 0 Å². The van der Waals surface area contributed by atoms with Crippen LogP contribution in [0.5, 0.6) is 0 Å². The molecule has 5 heteroatoms. The molecule has 0 aromatic heterocycles. The van der Waals surface area contributed by atoms with Crippen molar-refractivity contribution >= 4 is 23.3 Å². The predicted octanol–water partition coefficient (Wildman–Crippen LogP) is 4.86. The minimum Gasteiger partial charge on any atom is -0.465 e. The van der Waals surface area contributed by atoms with Gasteiger partial charge in [-0.3, -0.25) is 15.0 Å². The van der Waals surface area contributed by atoms with Gasteiger partial charge < -0.3 is 4.74 Å². The van der Waals surface area contributed by atoms with Gasteiger partial charge in [-0.05, 0) is 41.5 Å². The van der Waals surface area contributed by atoms with Gasteiger partial charge in [-0.1, -0.05) is 64.1 Å². The van der Waals surface area contributed by atoms with E-state index in [2.05, 4.69) is 25.3 Å². The Morgan fingerprint density at radius 3 is 2.45 bits per heavy atom. The van der Waals surface area contributed by atoms with E-state index in [0.717, 1.165) is 40.9 Å². The molecule has 5 nitrogen and oxygen atoms in total. The van der Waals surface area contributed by atoms with E-state index in [0.29, 0.717) is 6.61 Å². The van der Waals surface area contributed by atoms with Crippen molar-refractivity contribution in [3.8, 4) is 0 Å². The number of carbonyl (C=O) groups is 2. The highest BCUT2D eigenvalue weighted by molar-refractivity contribution is 6.08. The van der Waals surface area contributed by atoms with Crippen LogP contribution in [0.25, 0.3) is 0 Å². The summed E-state index contributed by atoms with van der Waals surface area (Å²) in [6.45, 7) is 8.52. The Bertz CT molecular complexity index is 891. The zero-order chi connectivity index (χ0) is 21.0. The second-order valence-electron chi connectivity index (χ2n) is 7.84. The molecule has 2 aromatic carbocycles. The van der Waals surface area contributed by atoms with Gasteiger partial charge in [-0.2, -0.15) is 0 Å². The first-order valence-corrected chi connectivity index (χ1v) is 10.4. The molecule has 29 heavy (non-hydrogen) atoms. The molecule has 0 fully saturated rings. The van der Waals surface area contributed by atoms with Crippen LogP contribution >= 0.6 is 0 Å². The molecule has 0 saturated heterocycles. The molecule has 1 amide bonds. The smallest absolute Gasteiger partial charge is 0.306 e. The number of nitrogens with zero attached hydrogens (tertiary/aromatic N) is 1. The molecular weight excluding hydrogens is 364 g/mol. The Morgan fingerprint density at radius 1 is 1.07 bits per heavy atom. The van der Waals surface area contributed by atoms with E-state index in [4.69, 9.17) is 4.74 Å². The van der Waals surface area contributed by atoms with Gasteiger partial charge >= 0.3 is 5.97 Å². The first-order valence-electron chi connectivity index (χ1n) is 10.4. The number of ether oxygens (including phenoxy) is 1. The monoisotopic (exact) mass is 394 g/mol. The number of carbonyl (C=O) groups excluding carboxylic acids is 2. The summed E-state index contributed by atoms with van der Waals surface area (Å²) in [5, 5.41) is 1.63. The van der Waals surface area contributed by atoms with Gasteiger partial charge in [0, 0.05) is 0 Å². The lowest BCUT2D eigenvalue weighted by atomic mass is 9.95. The van der Waals surface area contributed by atoms with Crippen molar-refractivity contribution in [2.24, 2.45) is 5.92 Å². The molecule has 1 heterocycles. The van der Waals surface area contributed by atoms with E-state index >= 15 is 0 Å². The van der Waals surface area contributed by atoms with Gasteiger partial charge in [-0.15, -0.1) is 0 Å². The Balaban J connectivity index is 1.92.